The summed E-state index contributed by atoms with van der Waals surface area (Å²) in [6.07, 6.45) is 1.78. The third-order valence-corrected chi connectivity index (χ3v) is 0.927. The molecule has 7 heteroatoms. The topological polar surface area (TPSA) is 80.3 Å². The Morgan fingerprint density at radius 1 is 0.923 bits per heavy atom. The molecule has 0 rings (SSSR count). The zero-order chi connectivity index (χ0) is 9.98. The normalized spacial score (nSPS) is 8.77. The van der Waals surface area contributed by atoms with E-state index in [4.69, 9.17) is 0 Å². The summed E-state index contributed by atoms with van der Waals surface area (Å²) in [6.45, 7) is 0. The van der Waals surface area contributed by atoms with E-state index in [9.17, 15) is 19.8 Å². The zero-order valence-electron chi connectivity index (χ0n) is 6.41. The number of carbonyl (C=O) groups is 2. The van der Waals surface area contributed by atoms with E-state index in [0.717, 1.165) is 12.2 Å². The van der Waals surface area contributed by atoms with Crippen molar-refractivity contribution in [2.45, 2.75) is 0 Å². The number of halogens is 2. The van der Waals surface area contributed by atoms with Crippen LogP contribution in [-0.2, 0) is 29.1 Å². The Kier molecular flexibility index (Phi) is 20.9. The van der Waals surface area contributed by atoms with E-state index < -0.39 is 11.9 Å². The fourth-order valence-electron chi connectivity index (χ4n) is 0.103. The van der Waals surface area contributed by atoms with E-state index >= 15 is 0 Å². The van der Waals surface area contributed by atoms with E-state index in [-0.39, 0.29) is 19.5 Å². The molecule has 0 amide bonds. The van der Waals surface area contributed by atoms with Crippen molar-refractivity contribution >= 4 is 43.8 Å². The molecule has 0 aliphatic rings. The van der Waals surface area contributed by atoms with Crippen LogP contribution in [0.3, 0.4) is 0 Å². The van der Waals surface area contributed by atoms with Crippen molar-refractivity contribution in [3.63, 3.8) is 0 Å². The van der Waals surface area contributed by atoms with Crippen molar-refractivity contribution in [2.75, 3.05) is 0 Å². The van der Waals surface area contributed by atoms with Crippen LogP contribution in [0.1, 0.15) is 0 Å². The summed E-state index contributed by atoms with van der Waals surface area (Å²) in [4.78, 5) is 21.2. The summed E-state index contributed by atoms with van der Waals surface area (Å²) >= 11 is 5.50. The minimum atomic E-state index is -1.19. The molecule has 0 aliphatic carbocycles. The Morgan fingerprint density at radius 3 is 1.15 bits per heavy atom. The average molecular weight is 365 g/mol. The van der Waals surface area contributed by atoms with Gasteiger partial charge in [-0.15, -0.1) is 0 Å². The molecule has 0 spiro atoms. The smallest absolute Gasteiger partial charge is 0.545 e. The third kappa shape index (κ3) is 33.3. The van der Waals surface area contributed by atoms with Crippen molar-refractivity contribution in [3.05, 3.63) is 22.1 Å². The van der Waals surface area contributed by atoms with E-state index in [1.54, 1.807) is 0 Å². The Bertz CT molecular complexity index is 181. The average Bonchev–Trinajstić information content (AvgIpc) is 1.87. The molecule has 0 fully saturated rings. The molecule has 0 atom stereocenters. The van der Waals surface area contributed by atoms with Crippen LogP contribution < -0.4 is 10.2 Å². The molecule has 0 saturated heterocycles. The molecule has 0 aromatic carbocycles. The van der Waals surface area contributed by atoms with Gasteiger partial charge in [0.2, 0.25) is 0 Å². The number of aliphatic carboxylic acids is 2. The fraction of sp³-hybridized carbons (Fsp3) is 0. The van der Waals surface area contributed by atoms with Gasteiger partial charge in [0, 0.05) is 0 Å². The largest absolute Gasteiger partial charge is 2.00 e. The van der Waals surface area contributed by atoms with Crippen molar-refractivity contribution in [1.29, 1.82) is 0 Å². The predicted molar refractivity (Wildman–Crippen MR) is 46.1 cm³/mol. The van der Waals surface area contributed by atoms with E-state index in [2.05, 4.69) is 31.9 Å². The first-order chi connectivity index (χ1) is 5.54. The van der Waals surface area contributed by atoms with Gasteiger partial charge < -0.3 is 19.8 Å². The number of hydrogen-bond donors (Lipinski definition) is 0. The van der Waals surface area contributed by atoms with Gasteiger partial charge in [-0.05, 0) is 22.1 Å². The molecular weight excluding hydrogens is 361 g/mol. The Morgan fingerprint density at radius 2 is 1.15 bits per heavy atom. The van der Waals surface area contributed by atoms with Crippen LogP contribution in [0.2, 0.25) is 0 Å². The number of hydrogen-bond acceptors (Lipinski definition) is 4. The van der Waals surface area contributed by atoms with Crippen molar-refractivity contribution in [3.8, 4) is 0 Å². The van der Waals surface area contributed by atoms with Gasteiger partial charge in [-0.3, -0.25) is 0 Å². The molecule has 0 aliphatic heterocycles. The second-order valence-corrected chi connectivity index (χ2v) is 2.28. The fourth-order valence-corrected chi connectivity index (χ4v) is 0.535. The van der Waals surface area contributed by atoms with Crippen LogP contribution >= 0.6 is 31.9 Å². The molecule has 13 heavy (non-hydrogen) atoms. The first-order valence-corrected chi connectivity index (χ1v) is 4.33. The molecule has 0 aromatic rings. The van der Waals surface area contributed by atoms with Gasteiger partial charge >= 0.3 is 19.5 Å². The number of carboxylic acids is 2. The molecular formula is C6H4Br2O4Zn. The Balaban J connectivity index is -0.000000143. The zero-order valence-corrected chi connectivity index (χ0v) is 12.5. The summed E-state index contributed by atoms with van der Waals surface area (Å²) in [6, 6.07) is 0. The van der Waals surface area contributed by atoms with Gasteiger partial charge in [0.05, 0.1) is 11.9 Å². The van der Waals surface area contributed by atoms with Gasteiger partial charge in [0.1, 0.15) is 0 Å². The first kappa shape index (κ1) is 18.7. The first-order valence-electron chi connectivity index (χ1n) is 2.50. The summed E-state index contributed by atoms with van der Waals surface area (Å²) in [5.41, 5.74) is 0. The maximum Gasteiger partial charge on any atom is 2.00 e. The van der Waals surface area contributed by atoms with Crippen LogP contribution in [0.25, 0.3) is 0 Å². The van der Waals surface area contributed by atoms with Gasteiger partial charge in [0.15, 0.2) is 0 Å². The maximum absolute atomic E-state index is 9.37. The van der Waals surface area contributed by atoms with E-state index in [1.807, 2.05) is 0 Å². The van der Waals surface area contributed by atoms with Gasteiger partial charge in [0.25, 0.3) is 0 Å². The second-order valence-electron chi connectivity index (χ2n) is 1.22. The second kappa shape index (κ2) is 14.5. The summed E-state index contributed by atoms with van der Waals surface area (Å²) in [7, 11) is 0. The van der Waals surface area contributed by atoms with E-state index in [0.29, 0.717) is 0 Å². The molecule has 0 radical (unpaired) electrons. The Labute approximate surface area is 105 Å². The monoisotopic (exact) mass is 362 g/mol. The van der Waals surface area contributed by atoms with Gasteiger partial charge in [-0.25, -0.2) is 0 Å². The van der Waals surface area contributed by atoms with Crippen LogP contribution in [0, 0.1) is 0 Å². The molecule has 0 aromatic heterocycles. The minimum absolute atomic E-state index is 0. The van der Waals surface area contributed by atoms with Crippen molar-refractivity contribution in [2.24, 2.45) is 0 Å². The summed E-state index contributed by atoms with van der Waals surface area (Å²) in [5.74, 6) is -2.38. The molecule has 4 nitrogen and oxygen atoms in total. The van der Waals surface area contributed by atoms with E-state index in [1.165, 1.54) is 9.97 Å². The summed E-state index contributed by atoms with van der Waals surface area (Å²) < 4.78 is 0. The molecule has 0 N–H and O–H groups in total. The molecule has 68 valence electrons. The van der Waals surface area contributed by atoms with Crippen LogP contribution in [0.15, 0.2) is 22.1 Å². The quantitative estimate of drug-likeness (QED) is 0.478. The molecule has 0 heterocycles. The standard InChI is InChI=1S/2C3H3BrO2.Zn/c2*4-2-1-3(5)6;/h2*1-2H,(H,5,6);/q;;+2/p-2/b2*2-1+;. The van der Waals surface area contributed by atoms with Crippen molar-refractivity contribution < 1.29 is 39.3 Å². The molecule has 0 bridgehead atoms. The minimum Gasteiger partial charge on any atom is -0.545 e. The summed E-state index contributed by atoms with van der Waals surface area (Å²) in [5, 5.41) is 18.7. The number of carboxylic acid groups (broad SMARTS) is 2. The Hall–Kier alpha value is 0.00338. The number of carbonyl (C=O) groups excluding carboxylic acids is 2. The van der Waals surface area contributed by atoms with Gasteiger partial charge in [-0.1, -0.05) is 31.9 Å². The van der Waals surface area contributed by atoms with Crippen molar-refractivity contribution in [1.82, 2.24) is 0 Å². The molecule has 0 unspecified atom stereocenters. The third-order valence-electron chi connectivity index (χ3n) is 0.398. The maximum atomic E-state index is 9.37. The SMILES string of the molecule is O=C([O-])/C=C/Br.O=C([O-])/C=C/Br.[Zn+2]. The molecule has 0 saturated carbocycles. The number of rotatable bonds is 2. The predicted octanol–water partition coefficient (Wildman–Crippen LogP) is -0.713. The van der Waals surface area contributed by atoms with Gasteiger partial charge in [-0.2, -0.15) is 0 Å². The van der Waals surface area contributed by atoms with Crippen LogP contribution in [-0.4, -0.2) is 11.9 Å². The van der Waals surface area contributed by atoms with Crippen LogP contribution in [0.4, 0.5) is 0 Å². The van der Waals surface area contributed by atoms with Crippen LogP contribution in [0.5, 0.6) is 0 Å².